The summed E-state index contributed by atoms with van der Waals surface area (Å²) >= 11 is 0. The van der Waals surface area contributed by atoms with E-state index in [1.807, 2.05) is 19.9 Å². The maximum Gasteiger partial charge on any atom is 0.272 e. The van der Waals surface area contributed by atoms with Crippen molar-refractivity contribution in [2.45, 2.75) is 64.3 Å². The second-order valence-electron chi connectivity index (χ2n) is 9.66. The first-order valence-electron chi connectivity index (χ1n) is 12.7. The zero-order chi connectivity index (χ0) is 27.4. The van der Waals surface area contributed by atoms with Gasteiger partial charge >= 0.3 is 0 Å². The van der Waals surface area contributed by atoms with Crippen LogP contribution in [0.5, 0.6) is 0 Å². The van der Waals surface area contributed by atoms with Crippen molar-refractivity contribution in [3.05, 3.63) is 93.7 Å². The number of likely N-dealkylation sites (tertiary alicyclic amines) is 1. The molecule has 3 heterocycles. The number of benzene rings is 1. The Hall–Kier alpha value is -3.95. The van der Waals surface area contributed by atoms with Gasteiger partial charge in [-0.15, -0.1) is 0 Å². The number of aryl methyl sites for hydroxylation is 1. The Bertz CT molecular complexity index is 1360. The summed E-state index contributed by atoms with van der Waals surface area (Å²) in [5, 5.41) is 2.86. The lowest BCUT2D eigenvalue weighted by Gasteiger charge is -2.26. The van der Waals surface area contributed by atoms with Crippen LogP contribution in [0.1, 0.15) is 61.7 Å². The second-order valence-corrected chi connectivity index (χ2v) is 9.66. The van der Waals surface area contributed by atoms with Crippen molar-refractivity contribution >= 4 is 11.8 Å². The van der Waals surface area contributed by atoms with Crippen molar-refractivity contribution in [2.75, 3.05) is 6.54 Å². The molecular weight excluding hydrogens is 492 g/mol. The predicted octanol–water partition coefficient (Wildman–Crippen LogP) is 3.31. The number of rotatable bonds is 8. The Labute approximate surface area is 219 Å². The summed E-state index contributed by atoms with van der Waals surface area (Å²) in [6.45, 7) is 5.66. The molecule has 8 nitrogen and oxygen atoms in total. The molecule has 4 rings (SSSR count). The van der Waals surface area contributed by atoms with Gasteiger partial charge in [-0.2, -0.15) is 4.39 Å². The highest BCUT2D eigenvalue weighted by Gasteiger charge is 2.41. The molecule has 0 bridgehead atoms. The summed E-state index contributed by atoms with van der Waals surface area (Å²) in [5.74, 6) is -1.84. The lowest BCUT2D eigenvalue weighted by molar-refractivity contribution is -0.138. The smallest absolute Gasteiger partial charge is 0.272 e. The fraction of sp³-hybridized carbons (Fsp3) is 0.393. The van der Waals surface area contributed by atoms with Crippen molar-refractivity contribution < 1.29 is 18.4 Å². The molecule has 0 saturated carbocycles. The van der Waals surface area contributed by atoms with E-state index in [-0.39, 0.29) is 36.7 Å². The van der Waals surface area contributed by atoms with Gasteiger partial charge in [0.25, 0.3) is 5.56 Å². The van der Waals surface area contributed by atoms with E-state index < -0.39 is 41.6 Å². The number of alkyl halides is 1. The van der Waals surface area contributed by atoms with E-state index in [0.717, 1.165) is 4.90 Å². The van der Waals surface area contributed by atoms with Gasteiger partial charge < -0.3 is 14.8 Å². The minimum Gasteiger partial charge on any atom is -0.342 e. The Morgan fingerprint density at radius 1 is 1.16 bits per heavy atom. The molecule has 2 aromatic heterocycles. The molecule has 0 radical (unpaired) electrons. The van der Waals surface area contributed by atoms with E-state index >= 15 is 0 Å². The van der Waals surface area contributed by atoms with Crippen molar-refractivity contribution in [1.82, 2.24) is 24.8 Å². The van der Waals surface area contributed by atoms with E-state index in [1.54, 1.807) is 43.3 Å². The van der Waals surface area contributed by atoms with E-state index in [0.29, 0.717) is 17.7 Å². The van der Waals surface area contributed by atoms with Crippen LogP contribution in [0, 0.1) is 5.95 Å². The number of nitrogens with zero attached hydrogens (tertiary/aromatic N) is 4. The number of amides is 2. The summed E-state index contributed by atoms with van der Waals surface area (Å²) in [4.78, 5) is 48.4. The molecule has 1 aromatic carbocycles. The molecular formula is C28H31F2N5O3. The molecule has 3 unspecified atom stereocenters. The van der Waals surface area contributed by atoms with Crippen molar-refractivity contribution in [3.63, 3.8) is 0 Å². The van der Waals surface area contributed by atoms with Gasteiger partial charge in [-0.25, -0.2) is 9.37 Å². The minimum absolute atomic E-state index is 0.0351. The number of nitrogens with one attached hydrogen (secondary N) is 1. The highest BCUT2D eigenvalue weighted by atomic mass is 19.1. The van der Waals surface area contributed by atoms with Gasteiger partial charge in [0, 0.05) is 30.9 Å². The van der Waals surface area contributed by atoms with Crippen LogP contribution in [0.25, 0.3) is 0 Å². The molecule has 38 heavy (non-hydrogen) atoms. The van der Waals surface area contributed by atoms with Crippen LogP contribution in [0.15, 0.2) is 59.7 Å². The molecule has 10 heteroatoms. The normalized spacial score (nSPS) is 18.0. The molecule has 1 aliphatic rings. The Morgan fingerprint density at radius 2 is 1.89 bits per heavy atom. The lowest BCUT2D eigenvalue weighted by atomic mass is 9.99. The third kappa shape index (κ3) is 5.79. The third-order valence-corrected chi connectivity index (χ3v) is 6.75. The van der Waals surface area contributed by atoms with Crippen LogP contribution in [-0.2, 0) is 22.6 Å². The fourth-order valence-electron chi connectivity index (χ4n) is 4.68. The Balaban J connectivity index is 1.59. The third-order valence-electron chi connectivity index (χ3n) is 6.75. The maximum atomic E-state index is 14.8. The zero-order valence-electron chi connectivity index (χ0n) is 21.6. The van der Waals surface area contributed by atoms with E-state index in [1.165, 1.54) is 17.0 Å². The van der Waals surface area contributed by atoms with Crippen molar-refractivity contribution in [1.29, 1.82) is 0 Å². The van der Waals surface area contributed by atoms with Gasteiger partial charge in [-0.05, 0) is 24.5 Å². The number of hydrogen-bond donors (Lipinski definition) is 1. The first-order valence-corrected chi connectivity index (χ1v) is 12.7. The van der Waals surface area contributed by atoms with Gasteiger partial charge in [0.1, 0.15) is 17.9 Å². The molecule has 1 saturated heterocycles. The first kappa shape index (κ1) is 27.1. The van der Waals surface area contributed by atoms with Gasteiger partial charge in [-0.1, -0.05) is 50.2 Å². The highest BCUT2D eigenvalue weighted by Crippen LogP contribution is 2.27. The van der Waals surface area contributed by atoms with Crippen LogP contribution in [0.2, 0.25) is 0 Å². The Kier molecular flexibility index (Phi) is 8.29. The summed E-state index contributed by atoms with van der Waals surface area (Å²) in [7, 11) is 0. The van der Waals surface area contributed by atoms with Gasteiger partial charge in [0.05, 0.1) is 24.7 Å². The van der Waals surface area contributed by atoms with Crippen LogP contribution in [-0.4, -0.2) is 50.0 Å². The van der Waals surface area contributed by atoms with Crippen molar-refractivity contribution in [2.24, 2.45) is 0 Å². The average Bonchev–Trinajstić information content (AvgIpc) is 3.30. The minimum atomic E-state index is -1.40. The van der Waals surface area contributed by atoms with Crippen LogP contribution in [0.3, 0.4) is 0 Å². The molecule has 0 aliphatic carbocycles. The molecule has 0 spiro atoms. The quantitative estimate of drug-likeness (QED) is 0.457. The number of pyridine rings is 1. The predicted molar refractivity (Wildman–Crippen MR) is 138 cm³/mol. The summed E-state index contributed by atoms with van der Waals surface area (Å²) < 4.78 is 30.7. The second kappa shape index (κ2) is 11.6. The van der Waals surface area contributed by atoms with Crippen LogP contribution < -0.4 is 10.9 Å². The molecule has 3 atom stereocenters. The highest BCUT2D eigenvalue weighted by molar-refractivity contribution is 5.89. The van der Waals surface area contributed by atoms with Gasteiger partial charge in [0.15, 0.2) is 0 Å². The molecule has 3 aromatic rings. The van der Waals surface area contributed by atoms with E-state index in [2.05, 4.69) is 15.3 Å². The fourth-order valence-corrected chi connectivity index (χ4v) is 4.68. The average molecular weight is 524 g/mol. The van der Waals surface area contributed by atoms with E-state index in [4.69, 9.17) is 0 Å². The summed E-state index contributed by atoms with van der Waals surface area (Å²) in [6, 6.07) is 10.3. The monoisotopic (exact) mass is 523 g/mol. The zero-order valence-corrected chi connectivity index (χ0v) is 21.6. The molecule has 1 fully saturated rings. The molecule has 1 N–H and O–H groups in total. The number of carbonyl (C=O) groups excluding carboxylic acids is 2. The SMILES string of the molecule is CCn1ccnc(CC(=O)N2CC(F)CC2C(=O)NC(c2ccccc2)c2ccc(C(C)C)c(F)n2)c1=O. The molecule has 1 aliphatic heterocycles. The molecule has 200 valence electrons. The largest absolute Gasteiger partial charge is 0.342 e. The van der Waals surface area contributed by atoms with Crippen LogP contribution in [0.4, 0.5) is 8.78 Å². The van der Waals surface area contributed by atoms with Crippen LogP contribution >= 0.6 is 0 Å². The number of carbonyl (C=O) groups is 2. The number of halogens is 2. The van der Waals surface area contributed by atoms with Crippen molar-refractivity contribution in [3.8, 4) is 0 Å². The van der Waals surface area contributed by atoms with Gasteiger partial charge in [-0.3, -0.25) is 19.4 Å². The number of hydrogen-bond acceptors (Lipinski definition) is 5. The standard InChI is InChI=1S/C28H31F2N5O3/c1-4-34-13-12-31-22(28(34)38)15-24(36)35-16-19(29)14-23(35)27(37)33-25(18-8-6-5-7-9-18)21-11-10-20(17(2)3)26(30)32-21/h5-13,17,19,23,25H,4,14-16H2,1-3H3,(H,33,37). The Morgan fingerprint density at radius 3 is 2.55 bits per heavy atom. The van der Waals surface area contributed by atoms with Gasteiger partial charge in [0.2, 0.25) is 17.8 Å². The topological polar surface area (TPSA) is 97.2 Å². The number of aromatic nitrogens is 3. The van der Waals surface area contributed by atoms with E-state index in [9.17, 15) is 23.2 Å². The summed E-state index contributed by atoms with van der Waals surface area (Å²) in [5.41, 5.74) is 1.03. The maximum absolute atomic E-state index is 14.8. The lowest BCUT2D eigenvalue weighted by Crippen LogP contribution is -2.48. The first-order chi connectivity index (χ1) is 18.2. The molecule has 2 amide bonds. The summed E-state index contributed by atoms with van der Waals surface area (Å²) in [6.07, 6.45) is 1.02.